The van der Waals surface area contributed by atoms with E-state index in [1.54, 1.807) is 24.3 Å². The van der Waals surface area contributed by atoms with Crippen molar-refractivity contribution in [2.24, 2.45) is 0 Å². The maximum absolute atomic E-state index is 12.4. The maximum atomic E-state index is 12.4. The van der Waals surface area contributed by atoms with Crippen molar-refractivity contribution < 1.29 is 9.53 Å². The minimum Gasteiger partial charge on any atom is -0.490 e. The maximum Gasteiger partial charge on any atom is 0.253 e. The normalized spacial score (nSPS) is 15.6. The van der Waals surface area contributed by atoms with Crippen LogP contribution in [0.25, 0.3) is 0 Å². The summed E-state index contributed by atoms with van der Waals surface area (Å²) in [5.74, 6) is 0.958. The summed E-state index contributed by atoms with van der Waals surface area (Å²) in [5, 5.41) is 0.645. The van der Waals surface area contributed by atoms with Crippen molar-refractivity contribution in [3.05, 3.63) is 65.2 Å². The molecule has 0 N–H and O–H groups in total. The van der Waals surface area contributed by atoms with Crippen LogP contribution in [0.4, 0.5) is 0 Å². The van der Waals surface area contributed by atoms with Gasteiger partial charge in [-0.3, -0.25) is 4.79 Å². The molecule has 2 aromatic rings. The molecule has 1 aliphatic heterocycles. The van der Waals surface area contributed by atoms with Crippen LogP contribution in [0.3, 0.4) is 0 Å². The third-order valence-electron chi connectivity index (χ3n) is 3.87. The van der Waals surface area contributed by atoms with Gasteiger partial charge in [-0.1, -0.05) is 29.8 Å². The summed E-state index contributed by atoms with van der Waals surface area (Å²) in [7, 11) is 0. The molecule has 0 saturated carbocycles. The van der Waals surface area contributed by atoms with Crippen molar-refractivity contribution in [2.75, 3.05) is 13.1 Å². The first-order valence-corrected chi connectivity index (χ1v) is 7.87. The number of hydrogen-bond acceptors (Lipinski definition) is 2. The zero-order valence-electron chi connectivity index (χ0n) is 12.2. The van der Waals surface area contributed by atoms with Crippen LogP contribution >= 0.6 is 11.6 Å². The van der Waals surface area contributed by atoms with E-state index in [-0.39, 0.29) is 12.0 Å². The molecule has 0 spiro atoms. The zero-order valence-corrected chi connectivity index (χ0v) is 13.0. The predicted octanol–water partition coefficient (Wildman–Crippen LogP) is 4.02. The minimum atomic E-state index is 0.0647. The third-order valence-corrected chi connectivity index (χ3v) is 4.12. The number of piperidine rings is 1. The van der Waals surface area contributed by atoms with Crippen LogP contribution in [0.2, 0.25) is 5.02 Å². The number of rotatable bonds is 3. The SMILES string of the molecule is O=C(c1ccc(Cl)cc1)N1CCC(Oc2ccccc2)CC1. The fourth-order valence-corrected chi connectivity index (χ4v) is 2.77. The molecule has 1 heterocycles. The largest absolute Gasteiger partial charge is 0.490 e. The van der Waals surface area contributed by atoms with E-state index in [1.165, 1.54) is 0 Å². The Hall–Kier alpha value is -2.00. The highest BCUT2D eigenvalue weighted by molar-refractivity contribution is 6.30. The smallest absolute Gasteiger partial charge is 0.253 e. The summed E-state index contributed by atoms with van der Waals surface area (Å²) >= 11 is 5.86. The molecule has 0 aromatic heterocycles. The molecule has 3 nitrogen and oxygen atoms in total. The van der Waals surface area contributed by atoms with Gasteiger partial charge < -0.3 is 9.64 Å². The van der Waals surface area contributed by atoms with E-state index in [0.717, 1.165) is 31.7 Å². The van der Waals surface area contributed by atoms with Crippen molar-refractivity contribution >= 4 is 17.5 Å². The van der Waals surface area contributed by atoms with E-state index in [0.29, 0.717) is 10.6 Å². The van der Waals surface area contributed by atoms with Gasteiger partial charge in [0.25, 0.3) is 5.91 Å². The van der Waals surface area contributed by atoms with Gasteiger partial charge in [0.05, 0.1) is 0 Å². The highest BCUT2D eigenvalue weighted by Crippen LogP contribution is 2.20. The predicted molar refractivity (Wildman–Crippen MR) is 87.4 cm³/mol. The Morgan fingerprint density at radius 1 is 1.00 bits per heavy atom. The number of amides is 1. The Morgan fingerprint density at radius 2 is 1.64 bits per heavy atom. The number of hydrogen-bond donors (Lipinski definition) is 0. The fourth-order valence-electron chi connectivity index (χ4n) is 2.64. The molecule has 1 aliphatic rings. The number of benzene rings is 2. The fraction of sp³-hybridized carbons (Fsp3) is 0.278. The lowest BCUT2D eigenvalue weighted by Gasteiger charge is -2.32. The number of para-hydroxylation sites is 1. The van der Waals surface area contributed by atoms with Gasteiger partial charge in [0.1, 0.15) is 11.9 Å². The molecule has 4 heteroatoms. The van der Waals surface area contributed by atoms with Crippen LogP contribution in [0.1, 0.15) is 23.2 Å². The van der Waals surface area contributed by atoms with Crippen molar-refractivity contribution in [3.8, 4) is 5.75 Å². The Kier molecular flexibility index (Phi) is 4.64. The van der Waals surface area contributed by atoms with E-state index < -0.39 is 0 Å². The summed E-state index contributed by atoms with van der Waals surface area (Å²) in [5.41, 5.74) is 0.687. The van der Waals surface area contributed by atoms with Crippen LogP contribution < -0.4 is 4.74 Å². The first kappa shape index (κ1) is 14.9. The molecule has 0 unspecified atom stereocenters. The average Bonchev–Trinajstić information content (AvgIpc) is 2.57. The van der Waals surface area contributed by atoms with E-state index in [9.17, 15) is 4.79 Å². The molecule has 1 fully saturated rings. The number of likely N-dealkylation sites (tertiary alicyclic amines) is 1. The summed E-state index contributed by atoms with van der Waals surface area (Å²) in [6, 6.07) is 16.9. The van der Waals surface area contributed by atoms with Gasteiger partial charge in [0.2, 0.25) is 0 Å². The first-order chi connectivity index (χ1) is 10.7. The van der Waals surface area contributed by atoms with Gasteiger partial charge in [-0.05, 0) is 36.4 Å². The zero-order chi connectivity index (χ0) is 15.4. The number of nitrogens with zero attached hydrogens (tertiary/aromatic N) is 1. The Morgan fingerprint density at radius 3 is 2.27 bits per heavy atom. The number of carbonyl (C=O) groups excluding carboxylic acids is 1. The van der Waals surface area contributed by atoms with Crippen molar-refractivity contribution in [3.63, 3.8) is 0 Å². The Balaban J connectivity index is 1.55. The van der Waals surface area contributed by atoms with Crippen molar-refractivity contribution in [1.29, 1.82) is 0 Å². The summed E-state index contributed by atoms with van der Waals surface area (Å²) in [6.07, 6.45) is 1.89. The molecule has 0 radical (unpaired) electrons. The van der Waals surface area contributed by atoms with Crippen LogP contribution in [-0.4, -0.2) is 30.0 Å². The monoisotopic (exact) mass is 315 g/mol. The van der Waals surface area contributed by atoms with Gasteiger partial charge in [-0.15, -0.1) is 0 Å². The molecule has 2 aromatic carbocycles. The molecule has 1 amide bonds. The lowest BCUT2D eigenvalue weighted by atomic mass is 10.1. The highest BCUT2D eigenvalue weighted by atomic mass is 35.5. The molecule has 0 aliphatic carbocycles. The van der Waals surface area contributed by atoms with Gasteiger partial charge in [-0.2, -0.15) is 0 Å². The van der Waals surface area contributed by atoms with Crippen LogP contribution in [0.5, 0.6) is 5.75 Å². The minimum absolute atomic E-state index is 0.0647. The first-order valence-electron chi connectivity index (χ1n) is 7.49. The molecule has 0 bridgehead atoms. The lowest BCUT2D eigenvalue weighted by Crippen LogP contribution is -2.41. The number of ether oxygens (including phenoxy) is 1. The van der Waals surface area contributed by atoms with E-state index in [1.807, 2.05) is 35.2 Å². The van der Waals surface area contributed by atoms with E-state index in [2.05, 4.69) is 0 Å². The van der Waals surface area contributed by atoms with Gasteiger partial charge >= 0.3 is 0 Å². The topological polar surface area (TPSA) is 29.5 Å². The van der Waals surface area contributed by atoms with E-state index in [4.69, 9.17) is 16.3 Å². The second kappa shape index (κ2) is 6.84. The summed E-state index contributed by atoms with van der Waals surface area (Å²) in [6.45, 7) is 1.44. The number of carbonyl (C=O) groups is 1. The molecule has 3 rings (SSSR count). The van der Waals surface area contributed by atoms with Crippen LogP contribution in [-0.2, 0) is 0 Å². The average molecular weight is 316 g/mol. The summed E-state index contributed by atoms with van der Waals surface area (Å²) in [4.78, 5) is 14.3. The highest BCUT2D eigenvalue weighted by Gasteiger charge is 2.24. The van der Waals surface area contributed by atoms with Crippen LogP contribution in [0, 0.1) is 0 Å². The Bertz CT molecular complexity index is 619. The standard InChI is InChI=1S/C18H18ClNO2/c19-15-8-6-14(7-9-15)18(21)20-12-10-17(11-13-20)22-16-4-2-1-3-5-16/h1-9,17H,10-13H2. The molecule has 22 heavy (non-hydrogen) atoms. The van der Waals surface area contributed by atoms with Gasteiger partial charge in [0.15, 0.2) is 0 Å². The lowest BCUT2D eigenvalue weighted by molar-refractivity contribution is 0.0595. The summed E-state index contributed by atoms with van der Waals surface area (Å²) < 4.78 is 5.95. The van der Waals surface area contributed by atoms with Crippen molar-refractivity contribution in [2.45, 2.75) is 18.9 Å². The molecule has 1 saturated heterocycles. The molecule has 0 atom stereocenters. The van der Waals surface area contributed by atoms with E-state index >= 15 is 0 Å². The molecular formula is C18H18ClNO2. The van der Waals surface area contributed by atoms with Gasteiger partial charge in [0, 0.05) is 36.5 Å². The molecular weight excluding hydrogens is 298 g/mol. The Labute approximate surface area is 135 Å². The third kappa shape index (κ3) is 3.60. The quantitative estimate of drug-likeness (QED) is 0.856. The number of halogens is 1. The van der Waals surface area contributed by atoms with Gasteiger partial charge in [-0.25, -0.2) is 0 Å². The van der Waals surface area contributed by atoms with Crippen molar-refractivity contribution in [1.82, 2.24) is 4.90 Å². The second-order valence-corrected chi connectivity index (χ2v) is 5.87. The van der Waals surface area contributed by atoms with Crippen LogP contribution in [0.15, 0.2) is 54.6 Å². The second-order valence-electron chi connectivity index (χ2n) is 5.43. The molecule has 114 valence electrons.